The fourth-order valence-corrected chi connectivity index (χ4v) is 3.35. The summed E-state index contributed by atoms with van der Waals surface area (Å²) in [6.45, 7) is 4.36. The number of benzene rings is 1. The molecule has 1 aliphatic heterocycles. The molecule has 0 bridgehead atoms. The van der Waals surface area contributed by atoms with Crippen LogP contribution >= 0.6 is 11.3 Å². The molecule has 6 heteroatoms. The second-order valence-electron chi connectivity index (χ2n) is 5.34. The summed E-state index contributed by atoms with van der Waals surface area (Å²) in [7, 11) is 0. The molecule has 0 N–H and O–H groups in total. The third-order valence-corrected chi connectivity index (χ3v) is 4.54. The highest BCUT2D eigenvalue weighted by Crippen LogP contribution is 2.24. The smallest absolute Gasteiger partial charge is 0.143 e. The number of anilines is 1. The molecule has 1 aliphatic rings. The maximum atomic E-state index is 13.8. The number of nitrogens with zero attached hydrogens (tertiary/aromatic N) is 4. The van der Waals surface area contributed by atoms with Crippen molar-refractivity contribution in [2.45, 2.75) is 13.0 Å². The van der Waals surface area contributed by atoms with Crippen LogP contribution in [0.2, 0.25) is 0 Å². The van der Waals surface area contributed by atoms with E-state index < -0.39 is 5.82 Å². The molecule has 0 radical (unpaired) electrons. The zero-order chi connectivity index (χ0) is 15.4. The Hall–Kier alpha value is -1.97. The van der Waals surface area contributed by atoms with Crippen LogP contribution in [0.1, 0.15) is 17.7 Å². The van der Waals surface area contributed by atoms with Crippen LogP contribution in [0.25, 0.3) is 0 Å². The summed E-state index contributed by atoms with van der Waals surface area (Å²) < 4.78 is 13.8. The highest BCUT2D eigenvalue weighted by Gasteiger charge is 2.19. The van der Waals surface area contributed by atoms with E-state index in [1.807, 2.05) is 17.6 Å². The van der Waals surface area contributed by atoms with Gasteiger partial charge in [0.25, 0.3) is 0 Å². The monoisotopic (exact) mass is 316 g/mol. The van der Waals surface area contributed by atoms with Crippen molar-refractivity contribution in [2.75, 3.05) is 31.1 Å². The van der Waals surface area contributed by atoms with Crippen molar-refractivity contribution in [3.8, 4) is 6.07 Å². The van der Waals surface area contributed by atoms with Crippen LogP contribution < -0.4 is 4.90 Å². The molecule has 1 fully saturated rings. The van der Waals surface area contributed by atoms with Gasteiger partial charge in [-0.3, -0.25) is 4.90 Å². The number of hydrogen-bond acceptors (Lipinski definition) is 5. The lowest BCUT2D eigenvalue weighted by Crippen LogP contribution is -2.31. The third kappa shape index (κ3) is 3.26. The summed E-state index contributed by atoms with van der Waals surface area (Å²) >= 11 is 1.61. The molecule has 0 saturated carbocycles. The molecular weight excluding hydrogens is 299 g/mol. The van der Waals surface area contributed by atoms with Crippen molar-refractivity contribution in [2.24, 2.45) is 0 Å². The first-order valence-electron chi connectivity index (χ1n) is 7.31. The molecule has 114 valence electrons. The van der Waals surface area contributed by atoms with E-state index in [0.29, 0.717) is 5.69 Å². The van der Waals surface area contributed by atoms with Gasteiger partial charge in [0, 0.05) is 38.1 Å². The van der Waals surface area contributed by atoms with Crippen molar-refractivity contribution in [1.82, 2.24) is 9.88 Å². The molecule has 0 spiro atoms. The lowest BCUT2D eigenvalue weighted by atomic mass is 10.1. The molecule has 1 aromatic carbocycles. The van der Waals surface area contributed by atoms with Crippen molar-refractivity contribution in [3.63, 3.8) is 0 Å². The van der Waals surface area contributed by atoms with E-state index in [0.717, 1.165) is 44.8 Å². The van der Waals surface area contributed by atoms with Crippen LogP contribution in [0.5, 0.6) is 0 Å². The van der Waals surface area contributed by atoms with Gasteiger partial charge >= 0.3 is 0 Å². The van der Waals surface area contributed by atoms with Crippen molar-refractivity contribution in [1.29, 1.82) is 5.26 Å². The van der Waals surface area contributed by atoms with Crippen LogP contribution in [0, 0.1) is 17.1 Å². The average Bonchev–Trinajstić information content (AvgIpc) is 2.92. The van der Waals surface area contributed by atoms with Gasteiger partial charge in [-0.25, -0.2) is 9.37 Å². The van der Waals surface area contributed by atoms with Gasteiger partial charge in [-0.05, 0) is 18.6 Å². The minimum atomic E-state index is -0.441. The highest BCUT2D eigenvalue weighted by molar-refractivity contribution is 7.07. The average molecular weight is 316 g/mol. The lowest BCUT2D eigenvalue weighted by molar-refractivity contribution is 0.282. The van der Waals surface area contributed by atoms with Gasteiger partial charge < -0.3 is 4.90 Å². The fraction of sp³-hybridized carbons (Fsp3) is 0.375. The molecule has 1 saturated heterocycles. The number of nitriles is 1. The maximum absolute atomic E-state index is 13.8. The Labute approximate surface area is 133 Å². The number of rotatable bonds is 3. The molecule has 1 aromatic heterocycles. The van der Waals surface area contributed by atoms with E-state index in [1.54, 1.807) is 17.4 Å². The van der Waals surface area contributed by atoms with Crippen LogP contribution in [-0.2, 0) is 6.54 Å². The van der Waals surface area contributed by atoms with E-state index in [4.69, 9.17) is 0 Å². The van der Waals surface area contributed by atoms with Crippen LogP contribution in [0.3, 0.4) is 0 Å². The summed E-state index contributed by atoms with van der Waals surface area (Å²) in [4.78, 5) is 8.80. The Morgan fingerprint density at radius 3 is 2.95 bits per heavy atom. The number of hydrogen-bond donors (Lipinski definition) is 0. The molecule has 22 heavy (non-hydrogen) atoms. The Kier molecular flexibility index (Phi) is 4.66. The van der Waals surface area contributed by atoms with E-state index >= 15 is 0 Å². The zero-order valence-corrected chi connectivity index (χ0v) is 13.0. The molecule has 3 rings (SSSR count). The fourth-order valence-electron chi connectivity index (χ4n) is 2.80. The second-order valence-corrected chi connectivity index (χ2v) is 6.06. The Balaban J connectivity index is 1.70. The number of aromatic nitrogens is 1. The summed E-state index contributed by atoms with van der Waals surface area (Å²) in [5.41, 5.74) is 3.81. The molecule has 0 unspecified atom stereocenters. The predicted molar refractivity (Wildman–Crippen MR) is 85.3 cm³/mol. The van der Waals surface area contributed by atoms with E-state index in [-0.39, 0.29) is 5.56 Å². The number of thiazole rings is 1. The molecule has 0 amide bonds. The van der Waals surface area contributed by atoms with Crippen LogP contribution in [0.15, 0.2) is 29.1 Å². The number of halogens is 1. The predicted octanol–water partition coefficient (Wildman–Crippen LogP) is 2.87. The van der Waals surface area contributed by atoms with Gasteiger partial charge in [0.2, 0.25) is 0 Å². The summed E-state index contributed by atoms with van der Waals surface area (Å²) in [6.07, 6.45) is 0.992. The third-order valence-electron chi connectivity index (χ3n) is 3.90. The second kappa shape index (κ2) is 6.86. The Morgan fingerprint density at radius 2 is 2.18 bits per heavy atom. The summed E-state index contributed by atoms with van der Waals surface area (Å²) in [6, 6.07) is 6.83. The van der Waals surface area contributed by atoms with Crippen LogP contribution in [-0.4, -0.2) is 36.1 Å². The molecular formula is C16H17FN4S. The van der Waals surface area contributed by atoms with Gasteiger partial charge in [-0.15, -0.1) is 11.3 Å². The lowest BCUT2D eigenvalue weighted by Gasteiger charge is -2.24. The first kappa shape index (κ1) is 14.9. The minimum absolute atomic E-state index is 0.149. The summed E-state index contributed by atoms with van der Waals surface area (Å²) in [5, 5.41) is 11.3. The SMILES string of the molecule is N#Cc1c(F)cccc1N1CCCN(Cc2cscn2)CC1. The zero-order valence-electron chi connectivity index (χ0n) is 12.2. The first-order valence-corrected chi connectivity index (χ1v) is 8.25. The van der Waals surface area contributed by atoms with E-state index in [1.165, 1.54) is 6.07 Å². The topological polar surface area (TPSA) is 43.2 Å². The van der Waals surface area contributed by atoms with Gasteiger partial charge in [0.05, 0.1) is 16.9 Å². The quantitative estimate of drug-likeness (QED) is 0.873. The Bertz CT molecular complexity index is 665. The van der Waals surface area contributed by atoms with Crippen molar-refractivity contribution < 1.29 is 4.39 Å². The molecule has 4 nitrogen and oxygen atoms in total. The standard InChI is InChI=1S/C16H17FN4S/c17-15-3-1-4-16(14(15)9-18)21-6-2-5-20(7-8-21)10-13-11-22-12-19-13/h1,3-4,11-12H,2,5-8,10H2. The summed E-state index contributed by atoms with van der Waals surface area (Å²) in [5.74, 6) is -0.441. The van der Waals surface area contributed by atoms with Gasteiger partial charge in [0.15, 0.2) is 0 Å². The highest BCUT2D eigenvalue weighted by atomic mass is 32.1. The normalized spacial score (nSPS) is 16.3. The first-order chi connectivity index (χ1) is 10.8. The van der Waals surface area contributed by atoms with E-state index in [9.17, 15) is 9.65 Å². The van der Waals surface area contributed by atoms with E-state index in [2.05, 4.69) is 20.2 Å². The molecule has 2 heterocycles. The minimum Gasteiger partial charge on any atom is -0.369 e. The molecule has 2 aromatic rings. The largest absolute Gasteiger partial charge is 0.369 e. The van der Waals surface area contributed by atoms with Crippen LogP contribution in [0.4, 0.5) is 10.1 Å². The van der Waals surface area contributed by atoms with Gasteiger partial charge in [0.1, 0.15) is 17.4 Å². The Morgan fingerprint density at radius 1 is 1.27 bits per heavy atom. The van der Waals surface area contributed by atoms with Gasteiger partial charge in [-0.2, -0.15) is 5.26 Å². The molecule has 0 aliphatic carbocycles. The van der Waals surface area contributed by atoms with Crippen molar-refractivity contribution in [3.05, 3.63) is 46.2 Å². The molecule has 0 atom stereocenters. The van der Waals surface area contributed by atoms with Gasteiger partial charge in [-0.1, -0.05) is 6.07 Å². The maximum Gasteiger partial charge on any atom is 0.143 e. The van der Waals surface area contributed by atoms with Crippen molar-refractivity contribution >= 4 is 17.0 Å².